The van der Waals surface area contributed by atoms with Crippen LogP contribution in [0.1, 0.15) is 12.2 Å². The second-order valence-electron chi connectivity index (χ2n) is 7.28. The number of fused-ring (bicyclic) bond motifs is 1. The molecule has 28 heavy (non-hydrogen) atoms. The number of aromatic nitrogens is 2. The number of hydrogen-bond donors (Lipinski definition) is 1. The number of carbonyl (C=O) groups excluding carboxylic acids is 1. The van der Waals surface area contributed by atoms with Crippen molar-refractivity contribution in [2.45, 2.75) is 18.7 Å². The largest absolute Gasteiger partial charge is 0.371 e. The number of hydrogen-bond acceptors (Lipinski definition) is 4. The monoisotopic (exact) mass is 394 g/mol. The van der Waals surface area contributed by atoms with Gasteiger partial charge in [0.2, 0.25) is 5.91 Å². The van der Waals surface area contributed by atoms with Gasteiger partial charge in [-0.15, -0.1) is 0 Å². The van der Waals surface area contributed by atoms with Gasteiger partial charge in [0.1, 0.15) is 12.4 Å². The number of nitrogens with zero attached hydrogens (tertiary/aromatic N) is 3. The van der Waals surface area contributed by atoms with Crippen LogP contribution in [0, 0.1) is 5.92 Å². The fourth-order valence-corrected chi connectivity index (χ4v) is 4.35. The minimum Gasteiger partial charge on any atom is -0.371 e. The van der Waals surface area contributed by atoms with Crippen molar-refractivity contribution in [1.82, 2.24) is 14.9 Å². The molecule has 2 heterocycles. The first kappa shape index (κ1) is 18.9. The summed E-state index contributed by atoms with van der Waals surface area (Å²) in [5.41, 5.74) is 3.24. The minimum absolute atomic E-state index is 0.0590. The van der Waals surface area contributed by atoms with Crippen molar-refractivity contribution in [2.24, 2.45) is 5.92 Å². The van der Waals surface area contributed by atoms with Crippen molar-refractivity contribution in [3.05, 3.63) is 60.4 Å². The Bertz CT molecular complexity index is 940. The highest BCUT2D eigenvalue weighted by Gasteiger charge is 2.23. The molecule has 1 aliphatic rings. The van der Waals surface area contributed by atoms with Crippen LogP contribution in [0.3, 0.4) is 0 Å². The Hall–Kier alpha value is -2.47. The minimum atomic E-state index is 0.0590. The lowest BCUT2D eigenvalue weighted by Crippen LogP contribution is -2.33. The highest BCUT2D eigenvalue weighted by atomic mass is 32.2. The topological polar surface area (TPSA) is 50.2 Å². The molecule has 0 aliphatic carbocycles. The highest BCUT2D eigenvalue weighted by molar-refractivity contribution is 7.97. The normalized spacial score (nSPS) is 16.6. The predicted molar refractivity (Wildman–Crippen MR) is 117 cm³/mol. The average molecular weight is 395 g/mol. The van der Waals surface area contributed by atoms with E-state index in [9.17, 15) is 4.79 Å². The number of carbonyl (C=O) groups is 1. The standard InChI is InChI=1S/C22H26N4OS/c1-28-16-21-24-19-9-5-6-10-20(19)26(21)15-22(27)23-13-17-11-12-25(14-17)18-7-3-2-4-8-18/h2-10,17H,11-16H2,1H3,(H,23,27). The third-order valence-corrected chi connectivity index (χ3v) is 5.85. The predicted octanol–water partition coefficient (Wildman–Crippen LogP) is 3.54. The molecule has 4 rings (SSSR count). The maximum absolute atomic E-state index is 12.6. The molecule has 6 heteroatoms. The molecule has 0 bridgehead atoms. The summed E-state index contributed by atoms with van der Waals surface area (Å²) in [6.07, 6.45) is 3.17. The number of nitrogens with one attached hydrogen (secondary N) is 1. The number of benzene rings is 2. The molecule has 1 aromatic heterocycles. The van der Waals surface area contributed by atoms with E-state index in [4.69, 9.17) is 4.98 Å². The van der Waals surface area contributed by atoms with Crippen molar-refractivity contribution in [1.29, 1.82) is 0 Å². The Morgan fingerprint density at radius 2 is 1.96 bits per heavy atom. The van der Waals surface area contributed by atoms with E-state index in [-0.39, 0.29) is 5.91 Å². The van der Waals surface area contributed by atoms with E-state index in [0.29, 0.717) is 12.5 Å². The van der Waals surface area contributed by atoms with Crippen molar-refractivity contribution in [3.63, 3.8) is 0 Å². The summed E-state index contributed by atoms with van der Waals surface area (Å²) >= 11 is 1.72. The first-order valence-electron chi connectivity index (χ1n) is 9.74. The number of para-hydroxylation sites is 3. The van der Waals surface area contributed by atoms with E-state index >= 15 is 0 Å². The number of thioether (sulfide) groups is 1. The summed E-state index contributed by atoms with van der Waals surface area (Å²) in [6, 6.07) is 18.5. The quantitative estimate of drug-likeness (QED) is 0.666. The van der Waals surface area contributed by atoms with E-state index in [1.54, 1.807) is 11.8 Å². The van der Waals surface area contributed by atoms with Gasteiger partial charge in [-0.2, -0.15) is 11.8 Å². The Morgan fingerprint density at radius 3 is 2.79 bits per heavy atom. The Labute approximate surface area is 170 Å². The van der Waals surface area contributed by atoms with E-state index in [1.165, 1.54) is 5.69 Å². The summed E-state index contributed by atoms with van der Waals surface area (Å²) in [7, 11) is 0. The molecule has 1 N–H and O–H groups in total. The smallest absolute Gasteiger partial charge is 0.240 e. The molecule has 1 atom stereocenters. The summed E-state index contributed by atoms with van der Waals surface area (Å²) in [6.45, 7) is 3.10. The highest BCUT2D eigenvalue weighted by Crippen LogP contribution is 2.23. The van der Waals surface area contributed by atoms with Gasteiger partial charge >= 0.3 is 0 Å². The Balaban J connectivity index is 1.35. The van der Waals surface area contributed by atoms with Gasteiger partial charge in [0.05, 0.1) is 16.8 Å². The van der Waals surface area contributed by atoms with Crippen LogP contribution >= 0.6 is 11.8 Å². The molecular formula is C22H26N4OS. The molecule has 1 saturated heterocycles. The van der Waals surface area contributed by atoms with Gasteiger partial charge in [-0.05, 0) is 42.9 Å². The first-order chi connectivity index (χ1) is 13.7. The third-order valence-electron chi connectivity index (χ3n) is 5.30. The lowest BCUT2D eigenvalue weighted by atomic mass is 10.1. The van der Waals surface area contributed by atoms with E-state index in [2.05, 4.69) is 40.7 Å². The van der Waals surface area contributed by atoms with Gasteiger partial charge in [-0.3, -0.25) is 4.79 Å². The zero-order valence-corrected chi connectivity index (χ0v) is 17.0. The Morgan fingerprint density at radius 1 is 1.18 bits per heavy atom. The molecule has 1 aliphatic heterocycles. The van der Waals surface area contributed by atoms with Crippen LogP contribution in [0.5, 0.6) is 0 Å². The van der Waals surface area contributed by atoms with Crippen LogP contribution in [-0.2, 0) is 17.1 Å². The Kier molecular flexibility index (Phi) is 5.86. The van der Waals surface area contributed by atoms with Gasteiger partial charge in [-0.1, -0.05) is 30.3 Å². The summed E-state index contributed by atoms with van der Waals surface area (Å²) in [4.78, 5) is 19.7. The van der Waals surface area contributed by atoms with E-state index in [1.807, 2.05) is 34.9 Å². The molecular weight excluding hydrogens is 368 g/mol. The van der Waals surface area contributed by atoms with Crippen molar-refractivity contribution < 1.29 is 4.79 Å². The number of anilines is 1. The molecule has 0 saturated carbocycles. The lowest BCUT2D eigenvalue weighted by Gasteiger charge is -2.18. The SMILES string of the molecule is CSCc1nc2ccccc2n1CC(=O)NCC1CCN(c2ccccc2)C1. The van der Waals surface area contributed by atoms with Crippen LogP contribution in [0.2, 0.25) is 0 Å². The maximum Gasteiger partial charge on any atom is 0.240 e. The first-order valence-corrected chi connectivity index (χ1v) is 11.1. The van der Waals surface area contributed by atoms with Gasteiger partial charge < -0.3 is 14.8 Å². The lowest BCUT2D eigenvalue weighted by molar-refractivity contribution is -0.121. The van der Waals surface area contributed by atoms with Crippen LogP contribution in [-0.4, -0.2) is 41.3 Å². The zero-order chi connectivity index (χ0) is 19.3. The van der Waals surface area contributed by atoms with Gasteiger partial charge in [0.25, 0.3) is 0 Å². The third kappa shape index (κ3) is 4.17. The fraction of sp³-hybridized carbons (Fsp3) is 0.364. The van der Waals surface area contributed by atoms with Crippen molar-refractivity contribution >= 4 is 34.4 Å². The van der Waals surface area contributed by atoms with Crippen LogP contribution in [0.4, 0.5) is 5.69 Å². The zero-order valence-electron chi connectivity index (χ0n) is 16.2. The number of imidazole rings is 1. The fourth-order valence-electron chi connectivity index (χ4n) is 3.87. The van der Waals surface area contributed by atoms with Crippen LogP contribution in [0.25, 0.3) is 11.0 Å². The van der Waals surface area contributed by atoms with Crippen LogP contribution < -0.4 is 10.2 Å². The molecule has 1 amide bonds. The van der Waals surface area contributed by atoms with Crippen molar-refractivity contribution in [3.8, 4) is 0 Å². The number of amides is 1. The molecule has 0 spiro atoms. The van der Waals surface area contributed by atoms with Crippen molar-refractivity contribution in [2.75, 3.05) is 30.8 Å². The maximum atomic E-state index is 12.6. The second kappa shape index (κ2) is 8.69. The van der Waals surface area contributed by atoms with Gasteiger partial charge in [0.15, 0.2) is 0 Å². The van der Waals surface area contributed by atoms with Gasteiger partial charge in [0, 0.05) is 25.3 Å². The molecule has 1 fully saturated rings. The summed E-state index contributed by atoms with van der Waals surface area (Å²) < 4.78 is 2.05. The van der Waals surface area contributed by atoms with Gasteiger partial charge in [-0.25, -0.2) is 4.98 Å². The second-order valence-corrected chi connectivity index (χ2v) is 8.14. The molecule has 146 valence electrons. The number of rotatable bonds is 7. The summed E-state index contributed by atoms with van der Waals surface area (Å²) in [5.74, 6) is 2.31. The summed E-state index contributed by atoms with van der Waals surface area (Å²) in [5, 5.41) is 3.15. The van der Waals surface area contributed by atoms with E-state index < -0.39 is 0 Å². The molecule has 3 aromatic rings. The molecule has 1 unspecified atom stereocenters. The molecule has 2 aromatic carbocycles. The molecule has 5 nitrogen and oxygen atoms in total. The average Bonchev–Trinajstić information content (AvgIpc) is 3.33. The molecule has 0 radical (unpaired) electrons. The van der Waals surface area contributed by atoms with E-state index in [0.717, 1.165) is 48.7 Å². The van der Waals surface area contributed by atoms with Crippen LogP contribution in [0.15, 0.2) is 54.6 Å².